The molecule has 1 aromatic heterocycles. The Morgan fingerprint density at radius 3 is 2.53 bits per heavy atom. The lowest BCUT2D eigenvalue weighted by atomic mass is 10.1. The van der Waals surface area contributed by atoms with Gasteiger partial charge in [0.25, 0.3) is 5.91 Å². The minimum Gasteiger partial charge on any atom is -0.322 e. The van der Waals surface area contributed by atoms with Crippen LogP contribution in [0.2, 0.25) is 0 Å². The lowest BCUT2D eigenvalue weighted by molar-refractivity contribution is 0.102. The fraction of sp³-hybridized carbons (Fsp3) is 0. The van der Waals surface area contributed by atoms with Gasteiger partial charge in [-0.1, -0.05) is 24.3 Å². The number of nitrogens with zero attached hydrogens (tertiary/aromatic N) is 2. The molecule has 1 N–H and O–H groups in total. The molecule has 1 amide bonds. The maximum Gasteiger partial charge on any atom is 0.257 e. The van der Waals surface area contributed by atoms with Crippen LogP contribution < -0.4 is 5.32 Å². The summed E-state index contributed by atoms with van der Waals surface area (Å²) in [7, 11) is 0. The van der Waals surface area contributed by atoms with E-state index in [9.17, 15) is 4.79 Å². The van der Waals surface area contributed by atoms with Gasteiger partial charge in [-0.15, -0.1) is 0 Å². The van der Waals surface area contributed by atoms with E-state index in [1.165, 1.54) is 0 Å². The molecular formula is C15H11N3O. The van der Waals surface area contributed by atoms with Crippen molar-refractivity contribution in [2.75, 3.05) is 5.32 Å². The summed E-state index contributed by atoms with van der Waals surface area (Å²) in [5.41, 5.74) is 2.60. The van der Waals surface area contributed by atoms with Crippen LogP contribution >= 0.6 is 0 Å². The summed E-state index contributed by atoms with van der Waals surface area (Å²) in [4.78, 5) is 20.7. The molecule has 0 radical (unpaired) electrons. The topological polar surface area (TPSA) is 54.9 Å². The second-order valence-electron chi connectivity index (χ2n) is 4.05. The number of nitrogens with one attached hydrogen (secondary N) is 1. The number of aromatic nitrogens is 2. The summed E-state index contributed by atoms with van der Waals surface area (Å²) in [5.74, 6) is -0.183. The van der Waals surface area contributed by atoms with Gasteiger partial charge >= 0.3 is 0 Å². The number of carbonyl (C=O) groups excluding carboxylic acids is 1. The zero-order valence-electron chi connectivity index (χ0n) is 10.1. The summed E-state index contributed by atoms with van der Waals surface area (Å²) < 4.78 is 0. The number of anilines is 1. The molecule has 3 rings (SSSR count). The van der Waals surface area contributed by atoms with Gasteiger partial charge in [-0.3, -0.25) is 14.8 Å². The molecule has 1 heterocycles. The number of para-hydroxylation sites is 2. The van der Waals surface area contributed by atoms with E-state index >= 15 is 0 Å². The van der Waals surface area contributed by atoms with E-state index in [1.807, 2.05) is 36.4 Å². The van der Waals surface area contributed by atoms with Crippen molar-refractivity contribution in [3.8, 4) is 0 Å². The third-order valence-electron chi connectivity index (χ3n) is 2.77. The number of benzene rings is 2. The van der Waals surface area contributed by atoms with E-state index in [2.05, 4.69) is 15.3 Å². The third kappa shape index (κ3) is 2.28. The molecule has 0 bridgehead atoms. The number of carbonyl (C=O) groups is 1. The maximum atomic E-state index is 12.2. The largest absolute Gasteiger partial charge is 0.322 e. The lowest BCUT2D eigenvalue weighted by Gasteiger charge is -2.06. The molecule has 3 aromatic rings. The summed E-state index contributed by atoms with van der Waals surface area (Å²) >= 11 is 0. The van der Waals surface area contributed by atoms with Gasteiger partial charge in [0.05, 0.1) is 11.1 Å². The van der Waals surface area contributed by atoms with Crippen LogP contribution in [-0.4, -0.2) is 15.9 Å². The monoisotopic (exact) mass is 249 g/mol. The maximum absolute atomic E-state index is 12.2. The van der Waals surface area contributed by atoms with Crippen LogP contribution in [0.1, 0.15) is 10.4 Å². The molecule has 19 heavy (non-hydrogen) atoms. The first-order valence-corrected chi connectivity index (χ1v) is 5.91. The molecule has 4 nitrogen and oxygen atoms in total. The summed E-state index contributed by atoms with van der Waals surface area (Å²) in [6, 6.07) is 14.7. The van der Waals surface area contributed by atoms with Gasteiger partial charge in [-0.25, -0.2) is 0 Å². The Kier molecular flexibility index (Phi) is 2.90. The van der Waals surface area contributed by atoms with Crippen LogP contribution in [0.15, 0.2) is 60.9 Å². The van der Waals surface area contributed by atoms with Crippen LogP contribution in [0.5, 0.6) is 0 Å². The number of amides is 1. The molecule has 0 aliphatic rings. The van der Waals surface area contributed by atoms with Crippen LogP contribution in [-0.2, 0) is 0 Å². The minimum absolute atomic E-state index is 0.183. The van der Waals surface area contributed by atoms with Crippen LogP contribution in [0.25, 0.3) is 11.0 Å². The highest BCUT2D eigenvalue weighted by Crippen LogP contribution is 2.15. The highest BCUT2D eigenvalue weighted by Gasteiger charge is 2.11. The average molecular weight is 249 g/mol. The van der Waals surface area contributed by atoms with Crippen molar-refractivity contribution in [2.45, 2.75) is 0 Å². The Morgan fingerprint density at radius 2 is 1.68 bits per heavy atom. The van der Waals surface area contributed by atoms with Crippen molar-refractivity contribution in [1.82, 2.24) is 9.97 Å². The summed E-state index contributed by atoms with van der Waals surface area (Å²) in [6.45, 7) is 0. The van der Waals surface area contributed by atoms with Crippen LogP contribution in [0, 0.1) is 0 Å². The van der Waals surface area contributed by atoms with Crippen LogP contribution in [0.4, 0.5) is 5.69 Å². The Bertz CT molecular complexity index is 720. The third-order valence-corrected chi connectivity index (χ3v) is 2.77. The molecule has 0 spiro atoms. The van der Waals surface area contributed by atoms with Gasteiger partial charge < -0.3 is 5.32 Å². The predicted molar refractivity (Wildman–Crippen MR) is 73.9 cm³/mol. The molecule has 0 atom stereocenters. The summed E-state index contributed by atoms with van der Waals surface area (Å²) in [6.07, 6.45) is 3.20. The Labute approximate surface area is 110 Å². The quantitative estimate of drug-likeness (QED) is 0.759. The molecule has 0 aliphatic heterocycles. The smallest absolute Gasteiger partial charge is 0.257 e. The predicted octanol–water partition coefficient (Wildman–Crippen LogP) is 2.88. The molecule has 0 saturated heterocycles. The molecular weight excluding hydrogens is 238 g/mol. The van der Waals surface area contributed by atoms with Crippen molar-refractivity contribution in [1.29, 1.82) is 0 Å². The molecule has 4 heteroatoms. The SMILES string of the molecule is O=C(Nc1ccccc1)c1cccc2nccnc12. The number of fused-ring (bicyclic) bond motifs is 1. The molecule has 0 unspecified atom stereocenters. The molecule has 2 aromatic carbocycles. The van der Waals surface area contributed by atoms with Crippen molar-refractivity contribution >= 4 is 22.6 Å². The zero-order chi connectivity index (χ0) is 13.1. The van der Waals surface area contributed by atoms with E-state index in [0.717, 1.165) is 5.69 Å². The first-order chi connectivity index (χ1) is 9.34. The fourth-order valence-corrected chi connectivity index (χ4v) is 1.90. The van der Waals surface area contributed by atoms with Crippen molar-refractivity contribution in [3.05, 3.63) is 66.5 Å². The Balaban J connectivity index is 1.98. The first kappa shape index (κ1) is 11.3. The van der Waals surface area contributed by atoms with Gasteiger partial charge in [0.2, 0.25) is 0 Å². The number of hydrogen-bond acceptors (Lipinski definition) is 3. The number of rotatable bonds is 2. The molecule has 0 fully saturated rings. The van der Waals surface area contributed by atoms with Gasteiger partial charge in [-0.2, -0.15) is 0 Å². The normalized spacial score (nSPS) is 10.3. The van der Waals surface area contributed by atoms with E-state index in [-0.39, 0.29) is 5.91 Å². The van der Waals surface area contributed by atoms with Crippen molar-refractivity contribution in [3.63, 3.8) is 0 Å². The van der Waals surface area contributed by atoms with E-state index in [1.54, 1.807) is 24.5 Å². The molecule has 0 aliphatic carbocycles. The second-order valence-corrected chi connectivity index (χ2v) is 4.05. The lowest BCUT2D eigenvalue weighted by Crippen LogP contribution is -2.12. The Morgan fingerprint density at radius 1 is 0.895 bits per heavy atom. The number of hydrogen-bond donors (Lipinski definition) is 1. The van der Waals surface area contributed by atoms with Gasteiger partial charge in [0.1, 0.15) is 5.52 Å². The standard InChI is InChI=1S/C15H11N3O/c19-15(18-11-5-2-1-3-6-11)12-7-4-8-13-14(12)17-10-9-16-13/h1-10H,(H,18,19). The van der Waals surface area contributed by atoms with Gasteiger partial charge in [0.15, 0.2) is 0 Å². The second kappa shape index (κ2) is 4.86. The minimum atomic E-state index is -0.183. The van der Waals surface area contributed by atoms with E-state index in [4.69, 9.17) is 0 Å². The summed E-state index contributed by atoms with van der Waals surface area (Å²) in [5, 5.41) is 2.84. The van der Waals surface area contributed by atoms with Gasteiger partial charge in [-0.05, 0) is 24.3 Å². The Hall–Kier alpha value is -2.75. The molecule has 0 saturated carbocycles. The highest BCUT2D eigenvalue weighted by atomic mass is 16.1. The van der Waals surface area contributed by atoms with Gasteiger partial charge in [0, 0.05) is 18.1 Å². The van der Waals surface area contributed by atoms with E-state index < -0.39 is 0 Å². The van der Waals surface area contributed by atoms with Crippen molar-refractivity contribution < 1.29 is 4.79 Å². The first-order valence-electron chi connectivity index (χ1n) is 5.91. The molecule has 92 valence electrons. The fourth-order valence-electron chi connectivity index (χ4n) is 1.90. The average Bonchev–Trinajstić information content (AvgIpc) is 2.47. The zero-order valence-corrected chi connectivity index (χ0v) is 10.1. The van der Waals surface area contributed by atoms with Crippen LogP contribution in [0.3, 0.4) is 0 Å². The highest BCUT2D eigenvalue weighted by molar-refractivity contribution is 6.11. The van der Waals surface area contributed by atoms with Crippen molar-refractivity contribution in [2.24, 2.45) is 0 Å². The van der Waals surface area contributed by atoms with E-state index in [0.29, 0.717) is 16.6 Å².